The maximum Gasteiger partial charge on any atom is 0.254 e. The van der Waals surface area contributed by atoms with Crippen molar-refractivity contribution >= 4 is 22.5 Å². The van der Waals surface area contributed by atoms with E-state index < -0.39 is 0 Å². The Bertz CT molecular complexity index is 1210. The average molecular weight is 391 g/mol. The molecule has 6 heteroatoms. The third kappa shape index (κ3) is 3.23. The Labute approximate surface area is 167 Å². The molecule has 0 unspecified atom stereocenters. The minimum absolute atomic E-state index is 0.0386. The van der Waals surface area contributed by atoms with Gasteiger partial charge in [0, 0.05) is 47.5 Å². The smallest absolute Gasteiger partial charge is 0.254 e. The van der Waals surface area contributed by atoms with Gasteiger partial charge in [0.25, 0.3) is 5.56 Å². The van der Waals surface area contributed by atoms with E-state index >= 15 is 0 Å². The number of rotatable bonds is 3. The predicted molar refractivity (Wildman–Crippen MR) is 111 cm³/mol. The summed E-state index contributed by atoms with van der Waals surface area (Å²) in [5, 5.41) is 1.88. The van der Waals surface area contributed by atoms with Crippen molar-refractivity contribution in [2.24, 2.45) is 0 Å². The Morgan fingerprint density at radius 3 is 2.82 bits per heavy atom. The van der Waals surface area contributed by atoms with Crippen LogP contribution in [-0.4, -0.2) is 26.4 Å². The molecule has 0 atom stereocenters. The topological polar surface area (TPSA) is 64.8 Å². The van der Waals surface area contributed by atoms with Crippen molar-refractivity contribution in [2.75, 3.05) is 6.54 Å². The van der Waals surface area contributed by atoms with E-state index in [2.05, 4.69) is 39.1 Å². The molecule has 2 aromatic heterocycles. The molecule has 5 rings (SSSR count). The fourth-order valence-corrected chi connectivity index (χ4v) is 3.96. The summed E-state index contributed by atoms with van der Waals surface area (Å²) in [6.07, 6.45) is 2.67. The van der Waals surface area contributed by atoms with Gasteiger partial charge in [0.15, 0.2) is 0 Å². The van der Waals surface area contributed by atoms with Crippen LogP contribution in [0, 0.1) is 0 Å². The Balaban J connectivity index is 1.42. The second-order valence-corrected chi connectivity index (χ2v) is 7.64. The number of halogens is 1. The third-order valence-corrected chi connectivity index (χ3v) is 5.55. The predicted octanol–water partition coefficient (Wildman–Crippen LogP) is 4.13. The molecule has 5 nitrogen and oxygen atoms in total. The van der Waals surface area contributed by atoms with Crippen molar-refractivity contribution in [3.05, 3.63) is 86.9 Å². The van der Waals surface area contributed by atoms with Crippen molar-refractivity contribution in [2.45, 2.75) is 19.5 Å². The van der Waals surface area contributed by atoms with Crippen LogP contribution >= 0.6 is 11.6 Å². The fourth-order valence-electron chi connectivity index (χ4n) is 3.83. The summed E-state index contributed by atoms with van der Waals surface area (Å²) in [5.41, 5.74) is 4.90. The number of H-pyrrole nitrogens is 2. The minimum Gasteiger partial charge on any atom is -0.361 e. The second kappa shape index (κ2) is 6.93. The number of nitrogens with one attached hydrogen (secondary N) is 2. The standard InChI is InChI=1S/C22H19ClN4O/c23-17-4-2-15(3-5-17)21-25-20-13-27(10-8-18(20)22(28)26-21)12-14-1-6-19-16(11-14)7-9-24-19/h1-7,9,11,24H,8,10,12-13H2,(H,25,26,28). The summed E-state index contributed by atoms with van der Waals surface area (Å²) in [4.78, 5) is 25.8. The second-order valence-electron chi connectivity index (χ2n) is 7.21. The molecule has 2 aromatic carbocycles. The lowest BCUT2D eigenvalue weighted by Gasteiger charge is -2.27. The van der Waals surface area contributed by atoms with Crippen LogP contribution in [0.15, 0.2) is 59.5 Å². The fraction of sp³-hybridized carbons (Fsp3) is 0.182. The lowest BCUT2D eigenvalue weighted by Crippen LogP contribution is -2.35. The summed E-state index contributed by atoms with van der Waals surface area (Å²) in [6, 6.07) is 15.9. The average Bonchev–Trinajstić information content (AvgIpc) is 3.16. The van der Waals surface area contributed by atoms with Gasteiger partial charge in [-0.15, -0.1) is 0 Å². The van der Waals surface area contributed by atoms with Gasteiger partial charge in [0.1, 0.15) is 5.82 Å². The van der Waals surface area contributed by atoms with E-state index in [4.69, 9.17) is 16.6 Å². The lowest BCUT2D eigenvalue weighted by molar-refractivity contribution is 0.240. The van der Waals surface area contributed by atoms with Crippen molar-refractivity contribution in [3.63, 3.8) is 0 Å². The number of benzene rings is 2. The highest BCUT2D eigenvalue weighted by Gasteiger charge is 2.21. The number of fused-ring (bicyclic) bond motifs is 2. The monoisotopic (exact) mass is 390 g/mol. The first-order chi connectivity index (χ1) is 13.7. The third-order valence-electron chi connectivity index (χ3n) is 5.29. The van der Waals surface area contributed by atoms with E-state index in [0.29, 0.717) is 23.8 Å². The summed E-state index contributed by atoms with van der Waals surface area (Å²) in [5.74, 6) is 0.594. The number of nitrogens with zero attached hydrogens (tertiary/aromatic N) is 2. The van der Waals surface area contributed by atoms with Gasteiger partial charge in [0.05, 0.1) is 5.69 Å². The van der Waals surface area contributed by atoms with E-state index in [0.717, 1.165) is 35.4 Å². The molecule has 0 bridgehead atoms. The van der Waals surface area contributed by atoms with Crippen molar-refractivity contribution in [1.29, 1.82) is 0 Å². The van der Waals surface area contributed by atoms with Gasteiger partial charge >= 0.3 is 0 Å². The SMILES string of the molecule is O=c1[nH]c(-c2ccc(Cl)cc2)nc2c1CCN(Cc1ccc3[nH]ccc3c1)C2. The Hall–Kier alpha value is -2.89. The maximum absolute atomic E-state index is 12.6. The molecule has 4 aromatic rings. The zero-order chi connectivity index (χ0) is 19.1. The van der Waals surface area contributed by atoms with Crippen LogP contribution in [0.4, 0.5) is 0 Å². The van der Waals surface area contributed by atoms with Crippen LogP contribution in [0.5, 0.6) is 0 Å². The number of aromatic nitrogens is 3. The van der Waals surface area contributed by atoms with Crippen LogP contribution in [-0.2, 0) is 19.5 Å². The molecule has 0 amide bonds. The number of hydrogen-bond acceptors (Lipinski definition) is 3. The van der Waals surface area contributed by atoms with E-state index in [1.165, 1.54) is 10.9 Å². The van der Waals surface area contributed by atoms with Crippen molar-refractivity contribution in [3.8, 4) is 11.4 Å². The van der Waals surface area contributed by atoms with Gasteiger partial charge in [-0.2, -0.15) is 0 Å². The van der Waals surface area contributed by atoms with Gasteiger partial charge < -0.3 is 9.97 Å². The molecule has 140 valence electrons. The summed E-state index contributed by atoms with van der Waals surface area (Å²) >= 11 is 5.97. The Morgan fingerprint density at radius 2 is 1.96 bits per heavy atom. The molecule has 1 aliphatic heterocycles. The van der Waals surface area contributed by atoms with Gasteiger partial charge in [-0.1, -0.05) is 17.7 Å². The lowest BCUT2D eigenvalue weighted by atomic mass is 10.0. The largest absolute Gasteiger partial charge is 0.361 e. The van der Waals surface area contributed by atoms with Gasteiger partial charge in [-0.3, -0.25) is 9.69 Å². The molecule has 1 aliphatic rings. The highest BCUT2D eigenvalue weighted by atomic mass is 35.5. The molecule has 0 fully saturated rings. The first-order valence-corrected chi connectivity index (χ1v) is 9.70. The molecule has 0 saturated heterocycles. The number of hydrogen-bond donors (Lipinski definition) is 2. The molecular weight excluding hydrogens is 372 g/mol. The molecule has 0 spiro atoms. The Kier molecular flexibility index (Phi) is 4.26. The molecule has 28 heavy (non-hydrogen) atoms. The quantitative estimate of drug-likeness (QED) is 0.552. The van der Waals surface area contributed by atoms with Crippen molar-refractivity contribution in [1.82, 2.24) is 19.9 Å². The number of aromatic amines is 2. The van der Waals surface area contributed by atoms with Crippen molar-refractivity contribution < 1.29 is 0 Å². The van der Waals surface area contributed by atoms with Gasteiger partial charge in [-0.25, -0.2) is 4.98 Å². The van der Waals surface area contributed by atoms with E-state index in [9.17, 15) is 4.79 Å². The summed E-state index contributed by atoms with van der Waals surface area (Å²) in [6.45, 7) is 2.36. The van der Waals surface area contributed by atoms with Crippen LogP contribution < -0.4 is 5.56 Å². The molecule has 3 heterocycles. The van der Waals surface area contributed by atoms with Crippen LogP contribution in [0.25, 0.3) is 22.3 Å². The van der Waals surface area contributed by atoms with E-state index in [1.807, 2.05) is 18.3 Å². The first kappa shape index (κ1) is 17.2. The highest BCUT2D eigenvalue weighted by Crippen LogP contribution is 2.22. The van der Waals surface area contributed by atoms with Crippen LogP contribution in [0.2, 0.25) is 5.02 Å². The normalized spacial score (nSPS) is 14.3. The summed E-state index contributed by atoms with van der Waals surface area (Å²) < 4.78 is 0. The Morgan fingerprint density at radius 1 is 1.11 bits per heavy atom. The van der Waals surface area contributed by atoms with Gasteiger partial charge in [0.2, 0.25) is 0 Å². The first-order valence-electron chi connectivity index (χ1n) is 9.32. The van der Waals surface area contributed by atoms with Crippen LogP contribution in [0.3, 0.4) is 0 Å². The maximum atomic E-state index is 12.6. The summed E-state index contributed by atoms with van der Waals surface area (Å²) in [7, 11) is 0. The highest BCUT2D eigenvalue weighted by molar-refractivity contribution is 6.30. The molecular formula is C22H19ClN4O. The van der Waals surface area contributed by atoms with E-state index in [1.54, 1.807) is 12.1 Å². The molecule has 0 aliphatic carbocycles. The molecule has 2 N–H and O–H groups in total. The molecule has 0 radical (unpaired) electrons. The zero-order valence-electron chi connectivity index (χ0n) is 15.2. The van der Waals surface area contributed by atoms with Gasteiger partial charge in [-0.05, 0) is 59.8 Å². The minimum atomic E-state index is -0.0386. The van der Waals surface area contributed by atoms with Crippen LogP contribution in [0.1, 0.15) is 16.8 Å². The molecule has 0 saturated carbocycles. The zero-order valence-corrected chi connectivity index (χ0v) is 16.0. The van der Waals surface area contributed by atoms with E-state index in [-0.39, 0.29) is 5.56 Å².